The highest BCUT2D eigenvalue weighted by atomic mass is 16.5. The number of nitrogens with zero attached hydrogens (tertiary/aromatic N) is 1. The molecule has 4 nitrogen and oxygen atoms in total. The lowest BCUT2D eigenvalue weighted by Gasteiger charge is -2.61. The van der Waals surface area contributed by atoms with E-state index < -0.39 is 5.54 Å². The Balaban J connectivity index is 1.78. The average Bonchev–Trinajstić information content (AvgIpc) is 2.99. The molecule has 1 amide bonds. The Morgan fingerprint density at radius 2 is 2.06 bits per heavy atom. The first-order chi connectivity index (χ1) is 8.39. The summed E-state index contributed by atoms with van der Waals surface area (Å²) in [6.45, 7) is 5.76. The van der Waals surface area contributed by atoms with Crippen LogP contribution < -0.4 is 5.73 Å². The Morgan fingerprint density at radius 1 is 1.39 bits per heavy atom. The molecule has 4 heteroatoms. The van der Waals surface area contributed by atoms with Crippen molar-refractivity contribution < 1.29 is 9.53 Å². The van der Waals surface area contributed by atoms with Crippen molar-refractivity contribution in [2.75, 3.05) is 20.2 Å². The molecule has 0 radical (unpaired) electrons. The molecule has 2 N–H and O–H groups in total. The van der Waals surface area contributed by atoms with Gasteiger partial charge in [0.05, 0.1) is 6.10 Å². The van der Waals surface area contributed by atoms with Crippen LogP contribution in [-0.2, 0) is 9.53 Å². The Hall–Kier alpha value is -0.610. The SMILES string of the molecule is CN(CC1CC1)C(=O)C1(N)C2CCOC2C1(C)C. The zero-order valence-corrected chi connectivity index (χ0v) is 11.6. The minimum absolute atomic E-state index is 0.117. The van der Waals surface area contributed by atoms with E-state index in [2.05, 4.69) is 13.8 Å². The maximum absolute atomic E-state index is 12.7. The smallest absolute Gasteiger partial charge is 0.243 e. The fourth-order valence-corrected chi connectivity index (χ4v) is 3.90. The lowest BCUT2D eigenvalue weighted by Crippen LogP contribution is -2.80. The summed E-state index contributed by atoms with van der Waals surface area (Å²) >= 11 is 0. The molecule has 1 saturated heterocycles. The number of likely N-dealkylation sites (N-methyl/N-ethyl adjacent to an activating group) is 1. The first-order valence-corrected chi connectivity index (χ1v) is 7.05. The van der Waals surface area contributed by atoms with E-state index in [-0.39, 0.29) is 23.3 Å². The fraction of sp³-hybridized carbons (Fsp3) is 0.929. The normalized spacial score (nSPS) is 41.1. The van der Waals surface area contributed by atoms with Gasteiger partial charge in [0, 0.05) is 31.5 Å². The summed E-state index contributed by atoms with van der Waals surface area (Å²) in [7, 11) is 1.90. The number of rotatable bonds is 3. The molecule has 18 heavy (non-hydrogen) atoms. The zero-order valence-electron chi connectivity index (χ0n) is 11.6. The topological polar surface area (TPSA) is 55.6 Å². The molecule has 0 spiro atoms. The van der Waals surface area contributed by atoms with Crippen molar-refractivity contribution in [3.63, 3.8) is 0 Å². The van der Waals surface area contributed by atoms with Gasteiger partial charge >= 0.3 is 0 Å². The molecule has 3 unspecified atom stereocenters. The van der Waals surface area contributed by atoms with Crippen LogP contribution in [-0.4, -0.2) is 42.6 Å². The van der Waals surface area contributed by atoms with Crippen LogP contribution in [0.2, 0.25) is 0 Å². The number of hydrogen-bond donors (Lipinski definition) is 1. The number of fused-ring (bicyclic) bond motifs is 1. The van der Waals surface area contributed by atoms with Gasteiger partial charge in [-0.2, -0.15) is 0 Å². The van der Waals surface area contributed by atoms with E-state index in [9.17, 15) is 4.79 Å². The molecule has 0 aromatic rings. The second-order valence-corrected chi connectivity index (χ2v) is 6.91. The van der Waals surface area contributed by atoms with E-state index in [1.807, 2.05) is 11.9 Å². The minimum Gasteiger partial charge on any atom is -0.377 e. The maximum atomic E-state index is 12.7. The molecule has 0 aromatic heterocycles. The van der Waals surface area contributed by atoms with Crippen LogP contribution in [0.15, 0.2) is 0 Å². The van der Waals surface area contributed by atoms with Gasteiger partial charge in [0.15, 0.2) is 0 Å². The molecule has 3 atom stereocenters. The summed E-state index contributed by atoms with van der Waals surface area (Å²) in [4.78, 5) is 14.6. The first-order valence-electron chi connectivity index (χ1n) is 7.05. The van der Waals surface area contributed by atoms with Crippen molar-refractivity contribution in [2.45, 2.75) is 44.8 Å². The second-order valence-electron chi connectivity index (χ2n) is 6.91. The summed E-state index contributed by atoms with van der Waals surface area (Å²) in [5.74, 6) is 1.04. The van der Waals surface area contributed by atoms with Crippen LogP contribution >= 0.6 is 0 Å². The lowest BCUT2D eigenvalue weighted by molar-refractivity contribution is -0.183. The number of carbonyl (C=O) groups excluding carboxylic acids is 1. The molecule has 1 aliphatic heterocycles. The van der Waals surface area contributed by atoms with E-state index in [1.54, 1.807) is 0 Å². The predicted molar refractivity (Wildman–Crippen MR) is 68.9 cm³/mol. The Morgan fingerprint density at radius 3 is 2.67 bits per heavy atom. The van der Waals surface area contributed by atoms with Gasteiger partial charge in [-0.05, 0) is 25.2 Å². The number of hydrogen-bond acceptors (Lipinski definition) is 3. The van der Waals surface area contributed by atoms with Gasteiger partial charge in [-0.15, -0.1) is 0 Å². The summed E-state index contributed by atoms with van der Waals surface area (Å²) in [6, 6.07) is 0. The van der Waals surface area contributed by atoms with Gasteiger partial charge < -0.3 is 15.4 Å². The van der Waals surface area contributed by atoms with Gasteiger partial charge in [-0.25, -0.2) is 0 Å². The van der Waals surface area contributed by atoms with E-state index in [0.29, 0.717) is 5.92 Å². The summed E-state index contributed by atoms with van der Waals surface area (Å²) < 4.78 is 5.74. The van der Waals surface area contributed by atoms with Crippen molar-refractivity contribution in [1.82, 2.24) is 4.90 Å². The van der Waals surface area contributed by atoms with Gasteiger partial charge in [0.1, 0.15) is 5.54 Å². The highest BCUT2D eigenvalue weighted by molar-refractivity contribution is 5.89. The third-order valence-electron chi connectivity index (χ3n) is 5.38. The van der Waals surface area contributed by atoms with Crippen molar-refractivity contribution in [3.05, 3.63) is 0 Å². The predicted octanol–water partition coefficient (Wildman–Crippen LogP) is 0.997. The second kappa shape index (κ2) is 3.70. The monoisotopic (exact) mass is 252 g/mol. The number of carbonyl (C=O) groups is 1. The molecule has 3 aliphatic rings. The van der Waals surface area contributed by atoms with E-state index >= 15 is 0 Å². The quantitative estimate of drug-likeness (QED) is 0.815. The van der Waals surface area contributed by atoms with Crippen LogP contribution in [0.4, 0.5) is 0 Å². The van der Waals surface area contributed by atoms with Crippen molar-refractivity contribution in [3.8, 4) is 0 Å². The van der Waals surface area contributed by atoms with E-state index in [4.69, 9.17) is 10.5 Å². The Labute approximate surface area is 109 Å². The van der Waals surface area contributed by atoms with E-state index in [0.717, 1.165) is 19.6 Å². The number of ether oxygens (including phenoxy) is 1. The fourth-order valence-electron chi connectivity index (χ4n) is 3.90. The molecule has 3 rings (SSSR count). The van der Waals surface area contributed by atoms with Crippen molar-refractivity contribution in [2.24, 2.45) is 23.0 Å². The van der Waals surface area contributed by atoms with Crippen molar-refractivity contribution in [1.29, 1.82) is 0 Å². The largest absolute Gasteiger partial charge is 0.377 e. The van der Waals surface area contributed by atoms with Crippen LogP contribution in [0.1, 0.15) is 33.1 Å². The highest BCUT2D eigenvalue weighted by Gasteiger charge is 2.71. The number of nitrogens with two attached hydrogens (primary N) is 1. The summed E-state index contributed by atoms with van der Waals surface area (Å²) in [5, 5.41) is 0. The van der Waals surface area contributed by atoms with Crippen LogP contribution in [0.3, 0.4) is 0 Å². The molecule has 1 heterocycles. The molecule has 0 bridgehead atoms. The van der Waals surface area contributed by atoms with Gasteiger partial charge in [0.2, 0.25) is 5.91 Å². The third-order valence-corrected chi connectivity index (χ3v) is 5.38. The highest BCUT2D eigenvalue weighted by Crippen LogP contribution is 2.58. The Kier molecular flexibility index (Phi) is 2.55. The van der Waals surface area contributed by atoms with Gasteiger partial charge in [-0.3, -0.25) is 4.79 Å². The molecule has 2 saturated carbocycles. The van der Waals surface area contributed by atoms with Crippen LogP contribution in [0, 0.1) is 17.3 Å². The van der Waals surface area contributed by atoms with Gasteiger partial charge in [-0.1, -0.05) is 13.8 Å². The zero-order chi connectivity index (χ0) is 13.1. The maximum Gasteiger partial charge on any atom is 0.243 e. The summed E-state index contributed by atoms with van der Waals surface area (Å²) in [6.07, 6.45) is 3.61. The van der Waals surface area contributed by atoms with Crippen LogP contribution in [0.5, 0.6) is 0 Å². The van der Waals surface area contributed by atoms with Crippen LogP contribution in [0.25, 0.3) is 0 Å². The lowest BCUT2D eigenvalue weighted by atomic mass is 9.47. The molecular weight excluding hydrogens is 228 g/mol. The van der Waals surface area contributed by atoms with Gasteiger partial charge in [0.25, 0.3) is 0 Å². The molecule has 2 aliphatic carbocycles. The molecular formula is C14H24N2O2. The molecule has 102 valence electrons. The average molecular weight is 252 g/mol. The number of amides is 1. The molecule has 3 fully saturated rings. The first kappa shape index (κ1) is 12.4. The summed E-state index contributed by atoms with van der Waals surface area (Å²) in [5.41, 5.74) is 5.56. The van der Waals surface area contributed by atoms with E-state index in [1.165, 1.54) is 12.8 Å². The minimum atomic E-state index is -0.724. The standard InChI is InChI=1S/C14H24N2O2/c1-13(2)11-10(6-7-18-11)14(13,15)12(17)16(3)8-9-4-5-9/h9-11H,4-8,15H2,1-3H3. The Bertz CT molecular complexity index is 378. The van der Waals surface area contributed by atoms with Crippen molar-refractivity contribution >= 4 is 5.91 Å². The third kappa shape index (κ3) is 1.42. The molecule has 0 aromatic carbocycles.